The second kappa shape index (κ2) is 5.42. The van der Waals surface area contributed by atoms with E-state index in [-0.39, 0.29) is 17.9 Å². The average Bonchev–Trinajstić information content (AvgIpc) is 2.40. The molecule has 1 aromatic heterocycles. The first-order valence-corrected chi connectivity index (χ1v) is 5.59. The van der Waals surface area contributed by atoms with Crippen LogP contribution in [0.4, 0.5) is 0 Å². The van der Waals surface area contributed by atoms with Crippen LogP contribution in [0.15, 0.2) is 29.1 Å². The normalized spacial score (nSPS) is 10.5. The van der Waals surface area contributed by atoms with Crippen LogP contribution in [0.25, 0.3) is 10.8 Å². The highest BCUT2D eigenvalue weighted by Crippen LogP contribution is 2.12. The fraction of sp³-hybridized carbons (Fsp3) is 0.250. The first kappa shape index (κ1) is 12.3. The van der Waals surface area contributed by atoms with E-state index in [1.165, 1.54) is 0 Å². The lowest BCUT2D eigenvalue weighted by Gasteiger charge is -2.05. The molecule has 0 aliphatic rings. The standard InChI is InChI=1S/C12H13N3O3/c1-2-18-15-11(16)7-10-8-5-3-4-6-9(8)12(17)14-13-10/h3-6H,2,7H2,1H3,(H,14,17)(H,15,16). The summed E-state index contributed by atoms with van der Waals surface area (Å²) in [5.41, 5.74) is 2.54. The van der Waals surface area contributed by atoms with Gasteiger partial charge in [0.25, 0.3) is 5.56 Å². The summed E-state index contributed by atoms with van der Waals surface area (Å²) in [5.74, 6) is -0.304. The number of hydroxylamine groups is 1. The molecule has 0 saturated heterocycles. The van der Waals surface area contributed by atoms with Crippen molar-refractivity contribution in [2.24, 2.45) is 0 Å². The van der Waals surface area contributed by atoms with Gasteiger partial charge in [0.1, 0.15) is 0 Å². The van der Waals surface area contributed by atoms with Gasteiger partial charge >= 0.3 is 0 Å². The highest BCUT2D eigenvalue weighted by Gasteiger charge is 2.10. The predicted molar refractivity (Wildman–Crippen MR) is 65.8 cm³/mol. The van der Waals surface area contributed by atoms with Crippen molar-refractivity contribution in [3.63, 3.8) is 0 Å². The molecular weight excluding hydrogens is 234 g/mol. The Morgan fingerprint density at radius 2 is 2.11 bits per heavy atom. The number of aromatic nitrogens is 2. The number of H-pyrrole nitrogens is 1. The van der Waals surface area contributed by atoms with Crippen molar-refractivity contribution in [2.45, 2.75) is 13.3 Å². The van der Waals surface area contributed by atoms with Gasteiger partial charge in [-0.05, 0) is 13.0 Å². The number of amides is 1. The Morgan fingerprint density at radius 3 is 2.83 bits per heavy atom. The minimum atomic E-state index is -0.304. The van der Waals surface area contributed by atoms with Gasteiger partial charge in [-0.1, -0.05) is 18.2 Å². The molecule has 0 atom stereocenters. The molecule has 0 saturated carbocycles. The molecule has 1 heterocycles. The van der Waals surface area contributed by atoms with Gasteiger partial charge < -0.3 is 0 Å². The average molecular weight is 247 g/mol. The quantitative estimate of drug-likeness (QED) is 0.772. The lowest BCUT2D eigenvalue weighted by atomic mass is 10.1. The zero-order chi connectivity index (χ0) is 13.0. The Kier molecular flexibility index (Phi) is 3.69. The van der Waals surface area contributed by atoms with E-state index in [0.29, 0.717) is 23.1 Å². The van der Waals surface area contributed by atoms with Crippen LogP contribution >= 0.6 is 0 Å². The third-order valence-corrected chi connectivity index (χ3v) is 2.43. The van der Waals surface area contributed by atoms with Crippen LogP contribution in [0.2, 0.25) is 0 Å². The highest BCUT2D eigenvalue weighted by molar-refractivity contribution is 5.87. The number of aromatic amines is 1. The van der Waals surface area contributed by atoms with Crippen LogP contribution in [0.5, 0.6) is 0 Å². The molecule has 18 heavy (non-hydrogen) atoms. The van der Waals surface area contributed by atoms with Gasteiger partial charge in [-0.25, -0.2) is 10.6 Å². The van der Waals surface area contributed by atoms with Crippen molar-refractivity contribution in [1.29, 1.82) is 0 Å². The Bertz CT molecular complexity index is 621. The first-order chi connectivity index (χ1) is 8.72. The summed E-state index contributed by atoms with van der Waals surface area (Å²) in [6, 6.07) is 7.02. The minimum Gasteiger partial charge on any atom is -0.274 e. The molecule has 0 radical (unpaired) electrons. The van der Waals surface area contributed by atoms with Crippen LogP contribution in [0.3, 0.4) is 0 Å². The second-order valence-corrected chi connectivity index (χ2v) is 3.68. The topological polar surface area (TPSA) is 84.1 Å². The van der Waals surface area contributed by atoms with E-state index in [0.717, 1.165) is 0 Å². The van der Waals surface area contributed by atoms with Gasteiger partial charge in [0, 0.05) is 5.39 Å². The van der Waals surface area contributed by atoms with Crippen molar-refractivity contribution in [3.8, 4) is 0 Å². The van der Waals surface area contributed by atoms with Crippen LogP contribution in [-0.4, -0.2) is 22.7 Å². The largest absolute Gasteiger partial charge is 0.274 e. The van der Waals surface area contributed by atoms with Gasteiger partial charge in [-0.15, -0.1) is 0 Å². The van der Waals surface area contributed by atoms with Gasteiger partial charge in [0.05, 0.1) is 24.1 Å². The van der Waals surface area contributed by atoms with Crippen molar-refractivity contribution in [3.05, 3.63) is 40.3 Å². The van der Waals surface area contributed by atoms with Crippen LogP contribution in [0.1, 0.15) is 12.6 Å². The second-order valence-electron chi connectivity index (χ2n) is 3.68. The molecule has 0 fully saturated rings. The van der Waals surface area contributed by atoms with E-state index in [2.05, 4.69) is 15.7 Å². The molecule has 0 bridgehead atoms. The Balaban J connectivity index is 2.32. The van der Waals surface area contributed by atoms with E-state index in [1.54, 1.807) is 31.2 Å². The lowest BCUT2D eigenvalue weighted by molar-refractivity contribution is -0.132. The number of fused-ring (bicyclic) bond motifs is 1. The SMILES string of the molecule is CCONC(=O)Cc1n[nH]c(=O)c2ccccc12. The van der Waals surface area contributed by atoms with Crippen molar-refractivity contribution >= 4 is 16.7 Å². The van der Waals surface area contributed by atoms with Crippen molar-refractivity contribution in [2.75, 3.05) is 6.61 Å². The van der Waals surface area contributed by atoms with Crippen molar-refractivity contribution < 1.29 is 9.63 Å². The van der Waals surface area contributed by atoms with E-state index in [4.69, 9.17) is 4.84 Å². The summed E-state index contributed by atoms with van der Waals surface area (Å²) in [6.45, 7) is 2.17. The molecule has 0 aliphatic carbocycles. The molecule has 94 valence electrons. The molecule has 6 nitrogen and oxygen atoms in total. The number of rotatable bonds is 4. The summed E-state index contributed by atoms with van der Waals surface area (Å²) >= 11 is 0. The fourth-order valence-corrected chi connectivity index (χ4v) is 1.65. The zero-order valence-corrected chi connectivity index (χ0v) is 9.90. The lowest BCUT2D eigenvalue weighted by Crippen LogP contribution is -2.26. The van der Waals surface area contributed by atoms with Gasteiger partial charge in [-0.2, -0.15) is 5.10 Å². The maximum Gasteiger partial charge on any atom is 0.272 e. The van der Waals surface area contributed by atoms with Gasteiger partial charge in [0.2, 0.25) is 5.91 Å². The number of nitrogens with one attached hydrogen (secondary N) is 2. The molecule has 1 aromatic carbocycles. The van der Waals surface area contributed by atoms with Crippen LogP contribution < -0.4 is 11.0 Å². The number of nitrogens with zero attached hydrogens (tertiary/aromatic N) is 1. The molecule has 0 unspecified atom stereocenters. The van der Waals surface area contributed by atoms with E-state index >= 15 is 0 Å². The molecule has 0 aliphatic heterocycles. The third kappa shape index (κ3) is 2.54. The van der Waals surface area contributed by atoms with Crippen LogP contribution in [0, 0.1) is 0 Å². The maximum atomic E-state index is 11.5. The molecule has 6 heteroatoms. The van der Waals surface area contributed by atoms with E-state index < -0.39 is 0 Å². The number of carbonyl (C=O) groups excluding carboxylic acids is 1. The highest BCUT2D eigenvalue weighted by atomic mass is 16.6. The molecule has 2 N–H and O–H groups in total. The predicted octanol–water partition coefficient (Wildman–Crippen LogP) is 0.533. The Labute approximate surface area is 103 Å². The monoisotopic (exact) mass is 247 g/mol. The third-order valence-electron chi connectivity index (χ3n) is 2.43. The fourth-order valence-electron chi connectivity index (χ4n) is 1.65. The minimum absolute atomic E-state index is 0.0529. The summed E-state index contributed by atoms with van der Waals surface area (Å²) < 4.78 is 0. The maximum absolute atomic E-state index is 11.5. The molecule has 0 spiro atoms. The Morgan fingerprint density at radius 1 is 1.39 bits per heavy atom. The van der Waals surface area contributed by atoms with Crippen molar-refractivity contribution in [1.82, 2.24) is 15.7 Å². The molecular formula is C12H13N3O3. The van der Waals surface area contributed by atoms with Gasteiger partial charge in [0.15, 0.2) is 0 Å². The zero-order valence-electron chi connectivity index (χ0n) is 9.90. The smallest absolute Gasteiger partial charge is 0.272 e. The van der Waals surface area contributed by atoms with Crippen LogP contribution in [-0.2, 0) is 16.1 Å². The summed E-state index contributed by atoms with van der Waals surface area (Å²) in [5, 5.41) is 7.47. The van der Waals surface area contributed by atoms with Gasteiger partial charge in [-0.3, -0.25) is 14.4 Å². The molecule has 2 rings (SSSR count). The summed E-state index contributed by atoms with van der Waals surface area (Å²) in [7, 11) is 0. The molecule has 2 aromatic rings. The Hall–Kier alpha value is -2.21. The number of benzene rings is 1. The first-order valence-electron chi connectivity index (χ1n) is 5.59. The number of hydrogen-bond donors (Lipinski definition) is 2. The molecule has 1 amide bonds. The summed E-state index contributed by atoms with van der Waals surface area (Å²) in [4.78, 5) is 27.9. The number of hydrogen-bond acceptors (Lipinski definition) is 4. The van der Waals surface area contributed by atoms with E-state index in [9.17, 15) is 9.59 Å². The summed E-state index contributed by atoms with van der Waals surface area (Å²) in [6.07, 6.45) is 0.0529. The van der Waals surface area contributed by atoms with E-state index in [1.807, 2.05) is 0 Å². The number of carbonyl (C=O) groups is 1.